The van der Waals surface area contributed by atoms with E-state index in [9.17, 15) is 4.79 Å². The second kappa shape index (κ2) is 7.50. The minimum atomic E-state index is -0.587. The molecule has 1 amide bonds. The Balaban J connectivity index is 1.89. The number of amides is 1. The highest BCUT2D eigenvalue weighted by molar-refractivity contribution is 6.56. The summed E-state index contributed by atoms with van der Waals surface area (Å²) in [5.74, 6) is 0. The lowest BCUT2D eigenvalue weighted by Crippen LogP contribution is -2.41. The molecule has 2 N–H and O–H groups in total. The number of aromatic nitrogens is 2. The molecule has 0 spiro atoms. The first-order valence-corrected chi connectivity index (χ1v) is 9.83. The molecule has 1 aliphatic rings. The number of aromatic amines is 1. The molecular weight excluding hydrogens is 369 g/mol. The number of alkyl carbamates (subject to hydrolysis) is 1. The predicted molar refractivity (Wildman–Crippen MR) is 114 cm³/mol. The van der Waals surface area contributed by atoms with Crippen LogP contribution in [0.2, 0.25) is 0 Å². The quantitative estimate of drug-likeness (QED) is 0.756. The average molecular weight is 399 g/mol. The highest BCUT2D eigenvalue weighted by Gasteiger charge is 2.52. The van der Waals surface area contributed by atoms with Gasteiger partial charge in [0.1, 0.15) is 11.2 Å². The Morgan fingerprint density at radius 3 is 2.55 bits per heavy atom. The van der Waals surface area contributed by atoms with Crippen LogP contribution in [0.15, 0.2) is 30.0 Å². The van der Waals surface area contributed by atoms with Crippen LogP contribution in [-0.4, -0.2) is 46.5 Å². The number of nitrogens with zero attached hydrogens (tertiary/aromatic N) is 1. The lowest BCUT2D eigenvalue weighted by molar-refractivity contribution is 0.00578. The number of ether oxygens (including phenoxy) is 1. The third-order valence-corrected chi connectivity index (χ3v) is 5.22. The summed E-state index contributed by atoms with van der Waals surface area (Å²) in [6, 6.07) is 3.88. The second-order valence-electron chi connectivity index (χ2n) is 9.31. The fourth-order valence-corrected chi connectivity index (χ4v) is 2.98. The van der Waals surface area contributed by atoms with Crippen molar-refractivity contribution < 1.29 is 18.8 Å². The molecule has 0 atom stereocenters. The fourth-order valence-electron chi connectivity index (χ4n) is 2.98. The minimum absolute atomic E-state index is 0.235. The van der Waals surface area contributed by atoms with Crippen LogP contribution in [0.1, 0.15) is 54.0 Å². The Morgan fingerprint density at radius 1 is 1.28 bits per heavy atom. The molecule has 0 bridgehead atoms. The maximum atomic E-state index is 12.2. The molecule has 3 rings (SSSR count). The summed E-state index contributed by atoms with van der Waals surface area (Å²) in [5.41, 5.74) is 1.01. The summed E-state index contributed by atoms with van der Waals surface area (Å²) in [6.07, 6.45) is 5.11. The van der Waals surface area contributed by atoms with Crippen molar-refractivity contribution in [1.82, 2.24) is 15.3 Å². The van der Waals surface area contributed by atoms with E-state index in [1.165, 1.54) is 0 Å². The van der Waals surface area contributed by atoms with Gasteiger partial charge in [-0.3, -0.25) is 0 Å². The molecule has 156 valence electrons. The first-order valence-electron chi connectivity index (χ1n) is 9.83. The number of fused-ring (bicyclic) bond motifs is 1. The van der Waals surface area contributed by atoms with Crippen LogP contribution in [0.25, 0.3) is 17.1 Å². The summed E-state index contributed by atoms with van der Waals surface area (Å²) in [7, 11) is -0.587. The molecule has 8 heteroatoms. The van der Waals surface area contributed by atoms with Crippen molar-refractivity contribution in [3.63, 3.8) is 0 Å². The Labute approximate surface area is 172 Å². The van der Waals surface area contributed by atoms with Crippen molar-refractivity contribution in [3.8, 4) is 0 Å². The number of hydrogen-bond donors (Lipinski definition) is 2. The van der Waals surface area contributed by atoms with Gasteiger partial charge in [-0.25, -0.2) is 9.78 Å². The highest BCUT2D eigenvalue weighted by atomic mass is 16.7. The molecule has 29 heavy (non-hydrogen) atoms. The van der Waals surface area contributed by atoms with Gasteiger partial charge >= 0.3 is 13.2 Å². The third-order valence-electron chi connectivity index (χ3n) is 5.22. The van der Waals surface area contributed by atoms with E-state index in [2.05, 4.69) is 15.3 Å². The number of carbonyl (C=O) groups is 1. The van der Waals surface area contributed by atoms with Gasteiger partial charge in [-0.1, -0.05) is 6.08 Å². The molecule has 2 aromatic heterocycles. The van der Waals surface area contributed by atoms with Gasteiger partial charge in [0.25, 0.3) is 0 Å². The summed E-state index contributed by atoms with van der Waals surface area (Å²) in [6.45, 7) is 13.7. The van der Waals surface area contributed by atoms with Crippen molar-refractivity contribution in [2.75, 3.05) is 6.54 Å². The summed E-state index contributed by atoms with van der Waals surface area (Å²) in [4.78, 5) is 19.7. The molecule has 0 aliphatic carbocycles. The monoisotopic (exact) mass is 399 g/mol. The van der Waals surface area contributed by atoms with Crippen LogP contribution in [0.3, 0.4) is 0 Å². The van der Waals surface area contributed by atoms with Gasteiger partial charge in [0, 0.05) is 29.9 Å². The van der Waals surface area contributed by atoms with E-state index >= 15 is 0 Å². The van der Waals surface area contributed by atoms with Crippen molar-refractivity contribution >= 4 is 30.3 Å². The SMILES string of the molecule is CC(C)(C)OC(=O)NCC(=Cc1c[nH]c2ncccc12)B1OC(C)(C)C(C)(C)O1. The number of rotatable bonds is 4. The average Bonchev–Trinajstić information content (AvgIpc) is 3.08. The van der Waals surface area contributed by atoms with E-state index in [1.54, 1.807) is 6.20 Å². The van der Waals surface area contributed by atoms with E-state index in [0.717, 1.165) is 22.1 Å². The maximum Gasteiger partial charge on any atom is 0.492 e. The Morgan fingerprint density at radius 2 is 1.93 bits per heavy atom. The molecule has 2 aromatic rings. The van der Waals surface area contributed by atoms with Gasteiger partial charge in [0.2, 0.25) is 0 Å². The molecule has 0 saturated carbocycles. The van der Waals surface area contributed by atoms with Crippen LogP contribution in [0.4, 0.5) is 4.79 Å². The number of nitrogens with one attached hydrogen (secondary N) is 2. The third kappa shape index (κ3) is 4.82. The van der Waals surface area contributed by atoms with E-state index < -0.39 is 30.0 Å². The van der Waals surface area contributed by atoms with Gasteiger partial charge in [-0.05, 0) is 66.1 Å². The lowest BCUT2D eigenvalue weighted by Gasteiger charge is -2.32. The van der Waals surface area contributed by atoms with Crippen LogP contribution in [-0.2, 0) is 14.0 Å². The smallest absolute Gasteiger partial charge is 0.444 e. The molecule has 1 saturated heterocycles. The molecular formula is C21H30BN3O4. The first kappa shape index (κ1) is 21.4. The topological polar surface area (TPSA) is 85.5 Å². The molecule has 7 nitrogen and oxygen atoms in total. The zero-order valence-electron chi connectivity index (χ0n) is 18.3. The lowest BCUT2D eigenvalue weighted by atomic mass is 9.77. The van der Waals surface area contributed by atoms with Crippen LogP contribution >= 0.6 is 0 Å². The second-order valence-corrected chi connectivity index (χ2v) is 9.31. The van der Waals surface area contributed by atoms with Gasteiger partial charge in [0.15, 0.2) is 0 Å². The maximum absolute atomic E-state index is 12.2. The highest BCUT2D eigenvalue weighted by Crippen LogP contribution is 2.39. The normalized spacial score (nSPS) is 18.9. The predicted octanol–water partition coefficient (Wildman–Crippen LogP) is 4.10. The number of H-pyrrole nitrogens is 1. The molecule has 3 heterocycles. The van der Waals surface area contributed by atoms with E-state index in [1.807, 2.05) is 72.9 Å². The van der Waals surface area contributed by atoms with Crippen molar-refractivity contribution in [2.45, 2.75) is 65.3 Å². The van der Waals surface area contributed by atoms with Crippen LogP contribution in [0.5, 0.6) is 0 Å². The van der Waals surface area contributed by atoms with Crippen LogP contribution in [0, 0.1) is 0 Å². The van der Waals surface area contributed by atoms with Crippen LogP contribution < -0.4 is 5.32 Å². The van der Waals surface area contributed by atoms with E-state index in [-0.39, 0.29) is 6.54 Å². The van der Waals surface area contributed by atoms with Crippen molar-refractivity contribution in [1.29, 1.82) is 0 Å². The van der Waals surface area contributed by atoms with E-state index in [0.29, 0.717) is 0 Å². The number of hydrogen-bond acceptors (Lipinski definition) is 5. The summed E-state index contributed by atoms with van der Waals surface area (Å²) in [5, 5.41) is 3.80. The molecule has 0 aromatic carbocycles. The molecule has 0 unspecified atom stereocenters. The van der Waals surface area contributed by atoms with Gasteiger partial charge < -0.3 is 24.3 Å². The zero-order chi connectivity index (χ0) is 21.4. The van der Waals surface area contributed by atoms with Crippen molar-refractivity contribution in [3.05, 3.63) is 35.6 Å². The summed E-state index contributed by atoms with van der Waals surface area (Å²) >= 11 is 0. The summed E-state index contributed by atoms with van der Waals surface area (Å²) < 4.78 is 17.8. The fraction of sp³-hybridized carbons (Fsp3) is 0.524. The molecule has 1 aliphatic heterocycles. The number of carbonyl (C=O) groups excluding carboxylic acids is 1. The Hall–Kier alpha value is -2.32. The van der Waals surface area contributed by atoms with Gasteiger partial charge in [-0.2, -0.15) is 0 Å². The van der Waals surface area contributed by atoms with Crippen molar-refractivity contribution in [2.24, 2.45) is 0 Å². The minimum Gasteiger partial charge on any atom is -0.444 e. The van der Waals surface area contributed by atoms with Gasteiger partial charge in [-0.15, -0.1) is 0 Å². The number of pyridine rings is 1. The Kier molecular flexibility index (Phi) is 5.53. The first-order chi connectivity index (χ1) is 13.4. The zero-order valence-corrected chi connectivity index (χ0v) is 18.3. The van der Waals surface area contributed by atoms with E-state index in [4.69, 9.17) is 14.0 Å². The largest absolute Gasteiger partial charge is 0.492 e. The van der Waals surface area contributed by atoms with Gasteiger partial charge in [0.05, 0.1) is 11.2 Å². The molecule has 0 radical (unpaired) electrons. The Bertz CT molecular complexity index is 911. The molecule has 1 fully saturated rings. The standard InChI is InChI=1S/C21H30BN3O4/c1-19(2,3)27-18(26)25-13-15(22-28-20(4,5)21(6,7)29-22)11-14-12-24-17-16(14)9-8-10-23-17/h8-12H,13H2,1-7H3,(H,23,24)(H,25,26).